The SMILES string of the molecule is Cc1nsc(NC(=O)Cn2cc(C(=O)O)nn2)n1. The molecule has 0 radical (unpaired) electrons. The van der Waals surface area contributed by atoms with Gasteiger partial charge in [0.1, 0.15) is 12.4 Å². The van der Waals surface area contributed by atoms with Crippen molar-refractivity contribution >= 4 is 28.5 Å². The molecule has 9 nitrogen and oxygen atoms in total. The maximum absolute atomic E-state index is 11.6. The van der Waals surface area contributed by atoms with Crippen molar-refractivity contribution in [1.29, 1.82) is 0 Å². The van der Waals surface area contributed by atoms with Gasteiger partial charge in [-0.2, -0.15) is 4.37 Å². The Morgan fingerprint density at radius 1 is 1.56 bits per heavy atom. The van der Waals surface area contributed by atoms with E-state index in [0.29, 0.717) is 11.0 Å². The number of carbonyl (C=O) groups excluding carboxylic acids is 1. The fourth-order valence-corrected chi connectivity index (χ4v) is 1.72. The average Bonchev–Trinajstić information content (AvgIpc) is 2.88. The number of amides is 1. The zero-order valence-corrected chi connectivity index (χ0v) is 10.0. The maximum Gasteiger partial charge on any atom is 0.358 e. The van der Waals surface area contributed by atoms with E-state index in [9.17, 15) is 9.59 Å². The number of carbonyl (C=O) groups is 2. The number of hydrogen-bond donors (Lipinski definition) is 2. The van der Waals surface area contributed by atoms with Crippen molar-refractivity contribution in [2.45, 2.75) is 13.5 Å². The van der Waals surface area contributed by atoms with Crippen LogP contribution in [0.2, 0.25) is 0 Å². The molecule has 2 heterocycles. The van der Waals surface area contributed by atoms with Crippen molar-refractivity contribution in [3.05, 3.63) is 17.7 Å². The van der Waals surface area contributed by atoms with E-state index in [1.807, 2.05) is 0 Å². The van der Waals surface area contributed by atoms with Gasteiger partial charge in [0.25, 0.3) is 0 Å². The van der Waals surface area contributed by atoms with Gasteiger partial charge in [-0.1, -0.05) is 5.21 Å². The third kappa shape index (κ3) is 2.85. The van der Waals surface area contributed by atoms with E-state index in [2.05, 4.69) is 25.0 Å². The van der Waals surface area contributed by atoms with Crippen LogP contribution < -0.4 is 5.32 Å². The lowest BCUT2D eigenvalue weighted by molar-refractivity contribution is -0.116. The monoisotopic (exact) mass is 268 g/mol. The molecule has 2 aromatic rings. The zero-order valence-electron chi connectivity index (χ0n) is 9.19. The van der Waals surface area contributed by atoms with E-state index in [4.69, 9.17) is 5.11 Å². The minimum Gasteiger partial charge on any atom is -0.476 e. The van der Waals surface area contributed by atoms with Crippen LogP contribution in [0.5, 0.6) is 0 Å². The van der Waals surface area contributed by atoms with E-state index in [0.717, 1.165) is 16.2 Å². The fraction of sp³-hybridized carbons (Fsp3) is 0.250. The number of aromatic carboxylic acids is 1. The zero-order chi connectivity index (χ0) is 13.1. The number of hydrogen-bond acceptors (Lipinski definition) is 7. The number of carboxylic acid groups (broad SMARTS) is 1. The van der Waals surface area contributed by atoms with Crippen LogP contribution in [0.4, 0.5) is 5.13 Å². The molecule has 18 heavy (non-hydrogen) atoms. The largest absolute Gasteiger partial charge is 0.476 e. The topological polar surface area (TPSA) is 123 Å². The minimum atomic E-state index is -1.19. The van der Waals surface area contributed by atoms with Gasteiger partial charge in [0, 0.05) is 11.5 Å². The Kier molecular flexibility index (Phi) is 3.28. The molecule has 0 atom stereocenters. The van der Waals surface area contributed by atoms with Crippen molar-refractivity contribution in [2.24, 2.45) is 0 Å². The predicted molar refractivity (Wildman–Crippen MR) is 60.3 cm³/mol. The summed E-state index contributed by atoms with van der Waals surface area (Å²) in [5, 5.41) is 18.4. The lowest BCUT2D eigenvalue weighted by Gasteiger charge is -1.99. The quantitative estimate of drug-likeness (QED) is 0.785. The van der Waals surface area contributed by atoms with Crippen LogP contribution in [0.1, 0.15) is 16.3 Å². The lowest BCUT2D eigenvalue weighted by Crippen LogP contribution is -2.19. The first kappa shape index (κ1) is 12.1. The first-order valence-electron chi connectivity index (χ1n) is 4.78. The molecule has 10 heteroatoms. The molecule has 94 valence electrons. The Hall–Kier alpha value is -2.36. The van der Waals surface area contributed by atoms with Crippen LogP contribution in [0.15, 0.2) is 6.20 Å². The molecule has 0 fully saturated rings. The van der Waals surface area contributed by atoms with Gasteiger partial charge < -0.3 is 5.11 Å². The minimum absolute atomic E-state index is 0.140. The van der Waals surface area contributed by atoms with Crippen LogP contribution in [0, 0.1) is 6.92 Å². The molecular weight excluding hydrogens is 260 g/mol. The molecule has 2 rings (SSSR count). The summed E-state index contributed by atoms with van der Waals surface area (Å²) in [6, 6.07) is 0. The Morgan fingerprint density at radius 2 is 2.33 bits per heavy atom. The van der Waals surface area contributed by atoms with Crippen molar-refractivity contribution in [3.63, 3.8) is 0 Å². The summed E-state index contributed by atoms with van der Waals surface area (Å²) < 4.78 is 5.04. The van der Waals surface area contributed by atoms with Gasteiger partial charge in [0.15, 0.2) is 5.69 Å². The van der Waals surface area contributed by atoms with Crippen molar-refractivity contribution in [3.8, 4) is 0 Å². The molecule has 0 unspecified atom stereocenters. The van der Waals surface area contributed by atoms with Crippen LogP contribution in [0.3, 0.4) is 0 Å². The van der Waals surface area contributed by atoms with E-state index in [1.165, 1.54) is 6.20 Å². The highest BCUT2D eigenvalue weighted by Gasteiger charge is 2.11. The van der Waals surface area contributed by atoms with E-state index in [1.54, 1.807) is 6.92 Å². The number of carboxylic acids is 1. The second kappa shape index (κ2) is 4.87. The molecular formula is C8H8N6O3S. The molecule has 0 saturated heterocycles. The summed E-state index contributed by atoms with van der Waals surface area (Å²) in [5.74, 6) is -1.00. The summed E-state index contributed by atoms with van der Waals surface area (Å²) in [4.78, 5) is 26.1. The van der Waals surface area contributed by atoms with Crippen molar-refractivity contribution in [2.75, 3.05) is 5.32 Å². The standard InChI is InChI=1S/C8H8N6O3S/c1-4-9-8(18-12-4)10-6(15)3-14-2-5(7(16)17)11-13-14/h2H,3H2,1H3,(H,16,17)(H,9,10,12,15). The van der Waals surface area contributed by atoms with E-state index in [-0.39, 0.29) is 18.1 Å². The maximum atomic E-state index is 11.6. The average molecular weight is 268 g/mol. The van der Waals surface area contributed by atoms with Crippen molar-refractivity contribution < 1.29 is 14.7 Å². The lowest BCUT2D eigenvalue weighted by atomic mass is 10.5. The number of anilines is 1. The number of aryl methyl sites for hydroxylation is 1. The Bertz CT molecular complexity index is 591. The third-order valence-corrected chi connectivity index (χ3v) is 2.56. The van der Waals surface area contributed by atoms with Gasteiger partial charge in [-0.05, 0) is 6.92 Å². The van der Waals surface area contributed by atoms with Gasteiger partial charge in [-0.25, -0.2) is 14.5 Å². The van der Waals surface area contributed by atoms with Crippen LogP contribution >= 0.6 is 11.5 Å². The third-order valence-electron chi connectivity index (χ3n) is 1.84. The molecule has 0 bridgehead atoms. The molecule has 2 N–H and O–H groups in total. The summed E-state index contributed by atoms with van der Waals surface area (Å²) in [6.45, 7) is 1.57. The van der Waals surface area contributed by atoms with Crippen LogP contribution in [-0.4, -0.2) is 41.3 Å². The van der Waals surface area contributed by atoms with Crippen molar-refractivity contribution in [1.82, 2.24) is 24.4 Å². The number of nitrogens with zero attached hydrogens (tertiary/aromatic N) is 5. The highest BCUT2D eigenvalue weighted by Crippen LogP contribution is 2.09. The fourth-order valence-electron chi connectivity index (χ4n) is 1.13. The first-order chi connectivity index (χ1) is 8.54. The van der Waals surface area contributed by atoms with Gasteiger partial charge in [0.2, 0.25) is 11.0 Å². The molecule has 0 aliphatic rings. The summed E-state index contributed by atoms with van der Waals surface area (Å²) >= 11 is 1.07. The molecule has 0 spiro atoms. The van der Waals surface area contributed by atoms with Gasteiger partial charge >= 0.3 is 5.97 Å². The van der Waals surface area contributed by atoms with Crippen LogP contribution in [0.25, 0.3) is 0 Å². The summed E-state index contributed by atoms with van der Waals surface area (Å²) in [6.07, 6.45) is 1.17. The van der Waals surface area contributed by atoms with Crippen LogP contribution in [-0.2, 0) is 11.3 Å². The molecule has 2 aromatic heterocycles. The molecule has 0 saturated carbocycles. The molecule has 0 aromatic carbocycles. The first-order valence-corrected chi connectivity index (χ1v) is 5.55. The highest BCUT2D eigenvalue weighted by molar-refractivity contribution is 7.09. The summed E-state index contributed by atoms with van der Waals surface area (Å²) in [7, 11) is 0. The van der Waals surface area contributed by atoms with Gasteiger partial charge in [-0.15, -0.1) is 5.10 Å². The normalized spacial score (nSPS) is 10.3. The van der Waals surface area contributed by atoms with E-state index < -0.39 is 5.97 Å². The van der Waals surface area contributed by atoms with Gasteiger partial charge in [0.05, 0.1) is 6.20 Å². The predicted octanol–water partition coefficient (Wildman–Crippen LogP) is -0.225. The molecule has 0 aliphatic heterocycles. The number of aromatic nitrogens is 5. The molecule has 1 amide bonds. The summed E-state index contributed by atoms with van der Waals surface area (Å²) in [5.41, 5.74) is -0.213. The Morgan fingerprint density at radius 3 is 2.89 bits per heavy atom. The Balaban J connectivity index is 1.96. The molecule has 0 aliphatic carbocycles. The van der Waals surface area contributed by atoms with Gasteiger partial charge in [-0.3, -0.25) is 10.1 Å². The smallest absolute Gasteiger partial charge is 0.358 e. The Labute approximate surface area is 105 Å². The highest BCUT2D eigenvalue weighted by atomic mass is 32.1. The van der Waals surface area contributed by atoms with E-state index >= 15 is 0 Å². The second-order valence-electron chi connectivity index (χ2n) is 3.30. The second-order valence-corrected chi connectivity index (χ2v) is 4.05. The number of nitrogens with one attached hydrogen (secondary N) is 1. The number of rotatable bonds is 4.